The third kappa shape index (κ3) is 1.67. The lowest BCUT2D eigenvalue weighted by atomic mass is 9.97. The maximum Gasteiger partial charge on any atom is 0.257 e. The molecule has 0 spiro atoms. The summed E-state index contributed by atoms with van der Waals surface area (Å²) >= 11 is 1.83. The van der Waals surface area contributed by atoms with Crippen LogP contribution < -0.4 is 4.90 Å². The molecule has 23 heavy (non-hydrogen) atoms. The van der Waals surface area contributed by atoms with Gasteiger partial charge in [0.05, 0.1) is 16.1 Å². The molecule has 114 valence electrons. The van der Waals surface area contributed by atoms with Crippen LogP contribution in [-0.2, 0) is 6.42 Å². The highest BCUT2D eigenvalue weighted by molar-refractivity contribution is 7.19. The first-order valence-electron chi connectivity index (χ1n) is 7.89. The fraction of sp³-hybridized carbons (Fsp3) is 0.211. The van der Waals surface area contributed by atoms with Crippen LogP contribution in [-0.4, -0.2) is 24.4 Å². The zero-order valence-electron chi connectivity index (χ0n) is 12.8. The van der Waals surface area contributed by atoms with E-state index < -0.39 is 0 Å². The summed E-state index contributed by atoms with van der Waals surface area (Å²) in [5.74, 6) is 0.159. The molecule has 0 N–H and O–H groups in total. The molecule has 5 rings (SSSR count). The van der Waals surface area contributed by atoms with Crippen LogP contribution in [0.3, 0.4) is 0 Å². The third-order valence-corrected chi connectivity index (χ3v) is 6.26. The number of hydrogen-bond acceptors (Lipinski definition) is 3. The van der Waals surface area contributed by atoms with Crippen LogP contribution in [0.2, 0.25) is 0 Å². The molecule has 1 unspecified atom stereocenters. The molecule has 2 aliphatic heterocycles. The van der Waals surface area contributed by atoms with Gasteiger partial charge in [-0.05, 0) is 35.6 Å². The summed E-state index contributed by atoms with van der Waals surface area (Å²) in [6.45, 7) is 0.788. The molecule has 0 saturated carbocycles. The van der Waals surface area contributed by atoms with E-state index in [1.807, 2.05) is 40.5 Å². The minimum atomic E-state index is 0.0264. The Kier molecular flexibility index (Phi) is 2.62. The monoisotopic (exact) mass is 320 g/mol. The van der Waals surface area contributed by atoms with Gasteiger partial charge in [-0.25, -0.2) is 0 Å². The lowest BCUT2D eigenvalue weighted by Crippen LogP contribution is -2.50. The predicted octanol–water partition coefficient (Wildman–Crippen LogP) is 4.05. The highest BCUT2D eigenvalue weighted by Gasteiger charge is 2.41. The number of thiophene rings is 1. The lowest BCUT2D eigenvalue weighted by Gasteiger charge is -2.46. The van der Waals surface area contributed by atoms with Gasteiger partial charge in [0.15, 0.2) is 0 Å². The highest BCUT2D eigenvalue weighted by atomic mass is 32.1. The quantitative estimate of drug-likeness (QED) is 0.624. The minimum Gasteiger partial charge on any atom is -0.349 e. The second-order valence-corrected chi connectivity index (χ2v) is 7.28. The van der Waals surface area contributed by atoms with Gasteiger partial charge in [-0.1, -0.05) is 30.3 Å². The van der Waals surface area contributed by atoms with Gasteiger partial charge in [0.25, 0.3) is 5.91 Å². The first kappa shape index (κ1) is 13.1. The summed E-state index contributed by atoms with van der Waals surface area (Å²) in [4.78, 5) is 18.5. The molecule has 3 nitrogen and oxygen atoms in total. The van der Waals surface area contributed by atoms with Gasteiger partial charge in [-0.2, -0.15) is 0 Å². The first-order chi connectivity index (χ1) is 11.3. The van der Waals surface area contributed by atoms with E-state index in [-0.39, 0.29) is 12.1 Å². The summed E-state index contributed by atoms with van der Waals surface area (Å²) in [7, 11) is 2.10. The van der Waals surface area contributed by atoms with E-state index in [1.165, 1.54) is 20.5 Å². The van der Waals surface area contributed by atoms with E-state index in [0.29, 0.717) is 0 Å². The number of benzene rings is 2. The van der Waals surface area contributed by atoms with Crippen LogP contribution in [0.5, 0.6) is 0 Å². The molecule has 0 saturated heterocycles. The molecule has 0 fully saturated rings. The van der Waals surface area contributed by atoms with Crippen molar-refractivity contribution in [2.45, 2.75) is 12.6 Å². The van der Waals surface area contributed by atoms with E-state index in [9.17, 15) is 4.79 Å². The van der Waals surface area contributed by atoms with Crippen LogP contribution >= 0.6 is 11.3 Å². The largest absolute Gasteiger partial charge is 0.349 e. The Labute approximate surface area is 138 Å². The average Bonchev–Trinajstić information content (AvgIpc) is 2.98. The number of nitrogens with zero attached hydrogens (tertiary/aromatic N) is 2. The van der Waals surface area contributed by atoms with Crippen LogP contribution in [0.25, 0.3) is 10.1 Å². The zero-order chi connectivity index (χ0) is 15.6. The van der Waals surface area contributed by atoms with Crippen LogP contribution in [0.4, 0.5) is 5.69 Å². The molecule has 1 atom stereocenters. The molecule has 1 amide bonds. The van der Waals surface area contributed by atoms with Crippen molar-refractivity contribution in [3.63, 3.8) is 0 Å². The summed E-state index contributed by atoms with van der Waals surface area (Å²) in [6.07, 6.45) is 0.968. The van der Waals surface area contributed by atoms with Gasteiger partial charge < -0.3 is 9.80 Å². The number of fused-ring (bicyclic) bond motifs is 6. The first-order valence-corrected chi connectivity index (χ1v) is 8.70. The SMILES string of the molecule is CN1c2ccccc2C(=O)N2CCc3c(sc4ccccc34)C21. The maximum atomic E-state index is 12.9. The molecule has 1 aromatic heterocycles. The number of anilines is 1. The van der Waals surface area contributed by atoms with Gasteiger partial charge in [0.1, 0.15) is 6.17 Å². The number of para-hydroxylation sites is 1. The molecule has 0 radical (unpaired) electrons. The second-order valence-electron chi connectivity index (χ2n) is 6.19. The Morgan fingerprint density at radius 2 is 1.87 bits per heavy atom. The predicted molar refractivity (Wildman–Crippen MR) is 94.2 cm³/mol. The smallest absolute Gasteiger partial charge is 0.257 e. The normalized spacial score (nSPS) is 19.5. The van der Waals surface area contributed by atoms with Crippen molar-refractivity contribution < 1.29 is 4.79 Å². The molecular weight excluding hydrogens is 304 g/mol. The van der Waals surface area contributed by atoms with Gasteiger partial charge in [0, 0.05) is 18.3 Å². The number of rotatable bonds is 0. The van der Waals surface area contributed by atoms with Crippen molar-refractivity contribution in [2.24, 2.45) is 0 Å². The number of carbonyl (C=O) groups excluding carboxylic acids is 1. The van der Waals surface area contributed by atoms with E-state index in [1.54, 1.807) is 0 Å². The molecule has 0 aliphatic carbocycles. The number of carbonyl (C=O) groups is 1. The Hall–Kier alpha value is -2.33. The number of hydrogen-bond donors (Lipinski definition) is 0. The van der Waals surface area contributed by atoms with Crippen molar-refractivity contribution in [1.82, 2.24) is 4.90 Å². The Balaban J connectivity index is 1.75. The molecular formula is C19H16N2OS. The number of amides is 1. The summed E-state index contributed by atoms with van der Waals surface area (Å²) < 4.78 is 1.32. The van der Waals surface area contributed by atoms with Crippen molar-refractivity contribution in [3.8, 4) is 0 Å². The molecule has 3 aromatic rings. The van der Waals surface area contributed by atoms with Crippen LogP contribution in [0.1, 0.15) is 27.0 Å². The van der Waals surface area contributed by atoms with Crippen molar-refractivity contribution >= 4 is 33.0 Å². The summed E-state index contributed by atoms with van der Waals surface area (Å²) in [6, 6.07) is 16.5. The molecule has 3 heterocycles. The Morgan fingerprint density at radius 3 is 2.78 bits per heavy atom. The molecule has 2 aliphatic rings. The van der Waals surface area contributed by atoms with Crippen molar-refractivity contribution in [3.05, 3.63) is 64.5 Å². The Morgan fingerprint density at radius 1 is 1.09 bits per heavy atom. The van der Waals surface area contributed by atoms with Crippen molar-refractivity contribution in [2.75, 3.05) is 18.5 Å². The lowest BCUT2D eigenvalue weighted by molar-refractivity contribution is 0.0644. The summed E-state index contributed by atoms with van der Waals surface area (Å²) in [5, 5.41) is 1.35. The van der Waals surface area contributed by atoms with E-state index >= 15 is 0 Å². The summed E-state index contributed by atoms with van der Waals surface area (Å²) in [5.41, 5.74) is 3.27. The molecule has 2 aromatic carbocycles. The van der Waals surface area contributed by atoms with Crippen molar-refractivity contribution in [1.29, 1.82) is 0 Å². The minimum absolute atomic E-state index is 0.0264. The van der Waals surface area contributed by atoms with Gasteiger partial charge in [0.2, 0.25) is 0 Å². The average molecular weight is 320 g/mol. The second kappa shape index (κ2) is 4.59. The van der Waals surface area contributed by atoms with E-state index in [4.69, 9.17) is 0 Å². The Bertz CT molecular complexity index is 945. The maximum absolute atomic E-state index is 12.9. The fourth-order valence-corrected chi connectivity index (χ4v) is 5.34. The molecule has 0 bridgehead atoms. The zero-order valence-corrected chi connectivity index (χ0v) is 13.6. The van der Waals surface area contributed by atoms with Crippen LogP contribution in [0, 0.1) is 0 Å². The van der Waals surface area contributed by atoms with Crippen LogP contribution in [0.15, 0.2) is 48.5 Å². The van der Waals surface area contributed by atoms with E-state index in [0.717, 1.165) is 24.2 Å². The van der Waals surface area contributed by atoms with E-state index in [2.05, 4.69) is 36.2 Å². The van der Waals surface area contributed by atoms with Gasteiger partial charge in [-0.3, -0.25) is 4.79 Å². The van der Waals surface area contributed by atoms with Gasteiger partial charge >= 0.3 is 0 Å². The molecule has 4 heteroatoms. The standard InChI is InChI=1S/C19H16N2OS/c1-20-15-8-4-2-7-14(15)19(22)21-11-10-13-12-6-3-5-9-16(12)23-17(13)18(20)21/h2-9,18H,10-11H2,1H3. The highest BCUT2D eigenvalue weighted by Crippen LogP contribution is 2.46. The fourth-order valence-electron chi connectivity index (χ4n) is 3.93. The third-order valence-electron chi connectivity index (χ3n) is 5.00. The topological polar surface area (TPSA) is 23.6 Å². The van der Waals surface area contributed by atoms with Gasteiger partial charge in [-0.15, -0.1) is 11.3 Å².